The van der Waals surface area contributed by atoms with E-state index in [2.05, 4.69) is 0 Å². The predicted molar refractivity (Wildman–Crippen MR) is 72.6 cm³/mol. The molecule has 21 heavy (non-hydrogen) atoms. The summed E-state index contributed by atoms with van der Waals surface area (Å²) >= 11 is 7.19. The first-order valence-electron chi connectivity index (χ1n) is 5.57. The maximum absolute atomic E-state index is 12.2. The molecule has 0 saturated heterocycles. The third-order valence-electron chi connectivity index (χ3n) is 2.47. The number of aliphatic carboxylic acids is 1. The van der Waals surface area contributed by atoms with Crippen LogP contribution in [0.5, 0.6) is 0 Å². The van der Waals surface area contributed by atoms with Gasteiger partial charge in [0.15, 0.2) is 0 Å². The summed E-state index contributed by atoms with van der Waals surface area (Å²) in [6, 6.07) is 3.00. The Hall–Kier alpha value is -1.41. The number of alkyl halides is 3. The molecule has 0 fully saturated rings. The van der Waals surface area contributed by atoms with Gasteiger partial charge in [-0.1, -0.05) is 11.6 Å². The van der Waals surface area contributed by atoms with Crippen LogP contribution in [0.2, 0.25) is 5.02 Å². The molecule has 0 aliphatic carbocycles. The molecule has 0 bridgehead atoms. The number of carboxylic acids is 1. The number of benzene rings is 1. The highest BCUT2D eigenvalue weighted by molar-refractivity contribution is 7.98. The molecule has 0 aromatic heterocycles. The van der Waals surface area contributed by atoms with Crippen LogP contribution >= 0.6 is 23.4 Å². The number of carbonyl (C=O) groups excluding carboxylic acids is 1. The topological polar surface area (TPSA) is 66.4 Å². The highest BCUT2D eigenvalue weighted by Crippen LogP contribution is 2.23. The van der Waals surface area contributed by atoms with Crippen LogP contribution < -0.4 is 5.32 Å². The van der Waals surface area contributed by atoms with E-state index in [-0.39, 0.29) is 6.42 Å². The third kappa shape index (κ3) is 5.47. The second-order valence-electron chi connectivity index (χ2n) is 4.07. The Balaban J connectivity index is 2.91. The summed E-state index contributed by atoms with van der Waals surface area (Å²) in [6.45, 7) is 0. The number of carbonyl (C=O) groups is 2. The number of nitrogens with one attached hydrogen (secondary N) is 1. The largest absolute Gasteiger partial charge is 0.480 e. The highest BCUT2D eigenvalue weighted by Gasteiger charge is 2.40. The second-order valence-corrected chi connectivity index (χ2v) is 5.38. The lowest BCUT2D eigenvalue weighted by Gasteiger charge is -2.16. The van der Waals surface area contributed by atoms with Gasteiger partial charge in [-0.05, 0) is 30.0 Å². The van der Waals surface area contributed by atoms with Gasteiger partial charge in [0, 0.05) is 16.3 Å². The van der Waals surface area contributed by atoms with Crippen LogP contribution in [-0.2, 0) is 16.0 Å². The van der Waals surface area contributed by atoms with Crippen molar-refractivity contribution in [2.75, 3.05) is 6.26 Å². The first kappa shape index (κ1) is 17.6. The van der Waals surface area contributed by atoms with Gasteiger partial charge < -0.3 is 10.4 Å². The van der Waals surface area contributed by atoms with Gasteiger partial charge in [-0.15, -0.1) is 11.8 Å². The first-order chi connectivity index (χ1) is 9.63. The summed E-state index contributed by atoms with van der Waals surface area (Å²) in [5.74, 6) is -3.85. The number of thioether (sulfide) groups is 1. The van der Waals surface area contributed by atoms with Gasteiger partial charge in [-0.25, -0.2) is 4.79 Å². The molecule has 0 aliphatic rings. The first-order valence-corrected chi connectivity index (χ1v) is 7.17. The van der Waals surface area contributed by atoms with Gasteiger partial charge in [-0.3, -0.25) is 4.79 Å². The minimum Gasteiger partial charge on any atom is -0.480 e. The lowest BCUT2D eigenvalue weighted by Crippen LogP contribution is -2.47. The molecule has 0 saturated carbocycles. The molecule has 1 amide bonds. The van der Waals surface area contributed by atoms with E-state index >= 15 is 0 Å². The summed E-state index contributed by atoms with van der Waals surface area (Å²) in [7, 11) is 0. The molecule has 0 heterocycles. The smallest absolute Gasteiger partial charge is 0.471 e. The Morgan fingerprint density at radius 1 is 1.38 bits per heavy atom. The molecule has 1 unspecified atom stereocenters. The number of hydrogen-bond acceptors (Lipinski definition) is 3. The standard InChI is InChI=1S/C12H11ClF3NO3S/c1-21-8-3-6(2-7(13)5-8)4-9(10(18)19)17-11(20)12(14,15)16/h2-3,5,9H,4H2,1H3,(H,17,20)(H,18,19). The Kier molecular flexibility index (Phi) is 5.91. The maximum atomic E-state index is 12.2. The van der Waals surface area contributed by atoms with Crippen molar-refractivity contribution in [3.05, 3.63) is 28.8 Å². The predicted octanol–water partition coefficient (Wildman–Crippen LogP) is 2.74. The fraction of sp³-hybridized carbons (Fsp3) is 0.333. The molecule has 116 valence electrons. The molecule has 0 spiro atoms. The maximum Gasteiger partial charge on any atom is 0.471 e. The molecule has 0 radical (unpaired) electrons. The van der Waals surface area contributed by atoms with Crippen molar-refractivity contribution in [3.63, 3.8) is 0 Å². The van der Waals surface area contributed by atoms with Crippen LogP contribution in [-0.4, -0.2) is 35.5 Å². The van der Waals surface area contributed by atoms with Crippen molar-refractivity contribution in [3.8, 4) is 0 Å². The Bertz CT molecular complexity index is 551. The highest BCUT2D eigenvalue weighted by atomic mass is 35.5. The van der Waals surface area contributed by atoms with Crippen LogP contribution in [0.4, 0.5) is 13.2 Å². The van der Waals surface area contributed by atoms with Crippen LogP contribution in [0.15, 0.2) is 23.1 Å². The molecule has 0 aliphatic heterocycles. The van der Waals surface area contributed by atoms with E-state index in [1.54, 1.807) is 18.4 Å². The monoisotopic (exact) mass is 341 g/mol. The zero-order valence-corrected chi connectivity index (χ0v) is 12.3. The number of amides is 1. The average molecular weight is 342 g/mol. The molecule has 1 aromatic rings. The SMILES string of the molecule is CSc1cc(Cl)cc(CC(NC(=O)C(F)(F)F)C(=O)O)c1. The normalized spacial score (nSPS) is 12.8. The number of rotatable bonds is 5. The van der Waals surface area contributed by atoms with Crippen LogP contribution in [0.1, 0.15) is 5.56 Å². The summed E-state index contributed by atoms with van der Waals surface area (Å²) in [5.41, 5.74) is 0.418. The van der Waals surface area contributed by atoms with Gasteiger partial charge in [0.1, 0.15) is 6.04 Å². The molecule has 1 atom stereocenters. The van der Waals surface area contributed by atoms with Gasteiger partial charge in [-0.2, -0.15) is 13.2 Å². The molecule has 2 N–H and O–H groups in total. The van der Waals surface area contributed by atoms with Crippen LogP contribution in [0.3, 0.4) is 0 Å². The van der Waals surface area contributed by atoms with Crippen molar-refractivity contribution in [2.24, 2.45) is 0 Å². The number of hydrogen-bond donors (Lipinski definition) is 2. The Morgan fingerprint density at radius 3 is 2.48 bits per heavy atom. The lowest BCUT2D eigenvalue weighted by molar-refractivity contribution is -0.175. The van der Waals surface area contributed by atoms with E-state index in [0.29, 0.717) is 10.6 Å². The van der Waals surface area contributed by atoms with Gasteiger partial charge in [0.05, 0.1) is 0 Å². The van der Waals surface area contributed by atoms with E-state index in [1.165, 1.54) is 23.1 Å². The quantitative estimate of drug-likeness (QED) is 0.808. The fourth-order valence-electron chi connectivity index (χ4n) is 1.53. The summed E-state index contributed by atoms with van der Waals surface area (Å²) in [5, 5.41) is 10.7. The van der Waals surface area contributed by atoms with Crippen molar-refractivity contribution >= 4 is 35.2 Å². The molecular formula is C12H11ClF3NO3S. The minimum absolute atomic E-state index is 0.300. The molecule has 9 heteroatoms. The van der Waals surface area contributed by atoms with Gasteiger partial charge in [0.25, 0.3) is 0 Å². The summed E-state index contributed by atoms with van der Waals surface area (Å²) in [4.78, 5) is 22.6. The van der Waals surface area contributed by atoms with Gasteiger partial charge >= 0.3 is 18.1 Å². The zero-order chi connectivity index (χ0) is 16.2. The summed E-state index contributed by atoms with van der Waals surface area (Å²) < 4.78 is 36.5. The van der Waals surface area contributed by atoms with Crippen LogP contribution in [0.25, 0.3) is 0 Å². The molecule has 4 nitrogen and oxygen atoms in total. The van der Waals surface area contributed by atoms with E-state index in [0.717, 1.165) is 4.90 Å². The van der Waals surface area contributed by atoms with E-state index in [9.17, 15) is 22.8 Å². The fourth-order valence-corrected chi connectivity index (χ4v) is 2.37. The van der Waals surface area contributed by atoms with Crippen molar-refractivity contribution in [2.45, 2.75) is 23.5 Å². The molecule has 1 aromatic carbocycles. The Morgan fingerprint density at radius 2 is 2.00 bits per heavy atom. The van der Waals surface area contributed by atoms with E-state index in [4.69, 9.17) is 16.7 Å². The van der Waals surface area contributed by atoms with Crippen LogP contribution in [0, 0.1) is 0 Å². The number of carboxylic acid groups (broad SMARTS) is 1. The van der Waals surface area contributed by atoms with Crippen molar-refractivity contribution in [1.82, 2.24) is 5.32 Å². The molecular weight excluding hydrogens is 331 g/mol. The second kappa shape index (κ2) is 7.04. The van der Waals surface area contributed by atoms with Crippen molar-refractivity contribution in [1.29, 1.82) is 0 Å². The zero-order valence-electron chi connectivity index (χ0n) is 10.7. The third-order valence-corrected chi connectivity index (χ3v) is 3.39. The average Bonchev–Trinajstić information content (AvgIpc) is 2.35. The number of halogens is 4. The Labute approximate surface area is 127 Å². The minimum atomic E-state index is -5.13. The molecule has 1 rings (SSSR count). The van der Waals surface area contributed by atoms with E-state index < -0.39 is 24.1 Å². The summed E-state index contributed by atoms with van der Waals surface area (Å²) in [6.07, 6.45) is -3.66. The van der Waals surface area contributed by atoms with Gasteiger partial charge in [0.2, 0.25) is 0 Å². The lowest BCUT2D eigenvalue weighted by atomic mass is 10.1. The van der Waals surface area contributed by atoms with Crippen molar-refractivity contribution < 1.29 is 27.9 Å². The van der Waals surface area contributed by atoms with E-state index in [1.807, 2.05) is 0 Å².